The number of ether oxygens (including phenoxy) is 2. The first kappa shape index (κ1) is 15.1. The third kappa shape index (κ3) is 2.47. The van der Waals surface area contributed by atoms with E-state index in [1.165, 1.54) is 0 Å². The first-order chi connectivity index (χ1) is 12.2. The third-order valence-electron chi connectivity index (χ3n) is 4.07. The van der Waals surface area contributed by atoms with Gasteiger partial charge >= 0.3 is 0 Å². The summed E-state index contributed by atoms with van der Waals surface area (Å²) in [4.78, 5) is 23.1. The van der Waals surface area contributed by atoms with E-state index in [0.717, 1.165) is 5.56 Å². The SMILES string of the molecule is COc1ccc(-c2ccc3c(n2)CN(c2cn[nH]c2)C3=O)c(OC)n1. The number of aromatic nitrogens is 4. The Balaban J connectivity index is 1.72. The number of methoxy groups -OCH3 is 2. The van der Waals surface area contributed by atoms with E-state index in [1.807, 2.05) is 6.07 Å². The third-order valence-corrected chi connectivity index (χ3v) is 4.07. The molecule has 8 nitrogen and oxygen atoms in total. The fourth-order valence-corrected chi connectivity index (χ4v) is 2.82. The number of nitrogens with zero attached hydrogens (tertiary/aromatic N) is 4. The Morgan fingerprint density at radius 2 is 1.92 bits per heavy atom. The molecule has 1 N–H and O–H groups in total. The molecule has 0 bridgehead atoms. The number of hydrogen-bond acceptors (Lipinski definition) is 6. The van der Waals surface area contributed by atoms with Crippen molar-refractivity contribution in [1.82, 2.24) is 20.2 Å². The zero-order valence-corrected chi connectivity index (χ0v) is 13.7. The lowest BCUT2D eigenvalue weighted by Gasteiger charge is -2.11. The highest BCUT2D eigenvalue weighted by molar-refractivity contribution is 6.09. The largest absolute Gasteiger partial charge is 0.481 e. The van der Waals surface area contributed by atoms with Crippen LogP contribution in [0.3, 0.4) is 0 Å². The molecule has 8 heteroatoms. The summed E-state index contributed by atoms with van der Waals surface area (Å²) in [5.41, 5.74) is 3.44. The number of fused-ring (bicyclic) bond motifs is 1. The monoisotopic (exact) mass is 337 g/mol. The number of carbonyl (C=O) groups excluding carboxylic acids is 1. The molecule has 0 saturated carbocycles. The number of anilines is 1. The van der Waals surface area contributed by atoms with E-state index in [1.54, 1.807) is 49.7 Å². The van der Waals surface area contributed by atoms with Crippen LogP contribution in [0.4, 0.5) is 5.69 Å². The highest BCUT2D eigenvalue weighted by atomic mass is 16.5. The van der Waals surface area contributed by atoms with Gasteiger partial charge in [-0.25, -0.2) is 4.98 Å². The average molecular weight is 337 g/mol. The molecule has 0 saturated heterocycles. The van der Waals surface area contributed by atoms with Crippen molar-refractivity contribution in [2.75, 3.05) is 19.1 Å². The summed E-state index contributed by atoms with van der Waals surface area (Å²) in [6.45, 7) is 0.396. The predicted octanol–water partition coefficient (Wildman–Crippen LogP) is 2.04. The van der Waals surface area contributed by atoms with Crippen molar-refractivity contribution in [2.45, 2.75) is 6.54 Å². The molecular weight excluding hydrogens is 322 g/mol. The number of nitrogens with one attached hydrogen (secondary N) is 1. The van der Waals surface area contributed by atoms with Crippen molar-refractivity contribution in [3.63, 3.8) is 0 Å². The van der Waals surface area contributed by atoms with Crippen LogP contribution in [0.2, 0.25) is 0 Å². The van der Waals surface area contributed by atoms with Crippen LogP contribution >= 0.6 is 0 Å². The lowest BCUT2D eigenvalue weighted by molar-refractivity contribution is 0.0996. The van der Waals surface area contributed by atoms with Crippen molar-refractivity contribution in [1.29, 1.82) is 0 Å². The van der Waals surface area contributed by atoms with Crippen molar-refractivity contribution in [3.05, 3.63) is 47.9 Å². The van der Waals surface area contributed by atoms with Gasteiger partial charge in [0.05, 0.1) is 55.2 Å². The molecule has 126 valence electrons. The van der Waals surface area contributed by atoms with Gasteiger partial charge in [0.15, 0.2) is 0 Å². The standard InChI is InChI=1S/C17H15N5O3/c1-24-15-6-4-11(16(21-15)25-2)13-5-3-12-14(20-13)9-22(17(12)23)10-7-18-19-8-10/h3-8H,9H2,1-2H3,(H,18,19). The molecule has 0 aliphatic carbocycles. The number of aromatic amines is 1. The van der Waals surface area contributed by atoms with Crippen LogP contribution in [-0.2, 0) is 6.54 Å². The minimum Gasteiger partial charge on any atom is -0.481 e. The van der Waals surface area contributed by atoms with Gasteiger partial charge in [-0.1, -0.05) is 0 Å². The zero-order chi connectivity index (χ0) is 17.4. The number of rotatable bonds is 4. The molecule has 0 fully saturated rings. The number of carbonyl (C=O) groups is 1. The van der Waals surface area contributed by atoms with E-state index in [9.17, 15) is 4.79 Å². The van der Waals surface area contributed by atoms with Gasteiger partial charge in [-0.2, -0.15) is 10.1 Å². The number of H-pyrrole nitrogens is 1. The molecule has 3 aromatic heterocycles. The van der Waals surface area contributed by atoms with Gasteiger partial charge in [-0.05, 0) is 18.2 Å². The summed E-state index contributed by atoms with van der Waals surface area (Å²) in [5, 5.41) is 6.61. The summed E-state index contributed by atoms with van der Waals surface area (Å²) in [7, 11) is 3.09. The normalized spacial score (nSPS) is 13.0. The van der Waals surface area contributed by atoms with Crippen LogP contribution in [0.1, 0.15) is 16.1 Å². The van der Waals surface area contributed by atoms with E-state index < -0.39 is 0 Å². The van der Waals surface area contributed by atoms with Gasteiger partial charge in [-0.15, -0.1) is 0 Å². The molecule has 0 radical (unpaired) electrons. The van der Waals surface area contributed by atoms with Crippen LogP contribution in [-0.4, -0.2) is 40.3 Å². The molecule has 1 aliphatic rings. The first-order valence-corrected chi connectivity index (χ1v) is 7.61. The van der Waals surface area contributed by atoms with E-state index in [-0.39, 0.29) is 5.91 Å². The molecule has 0 unspecified atom stereocenters. The molecule has 4 heterocycles. The van der Waals surface area contributed by atoms with Gasteiger partial charge in [0.25, 0.3) is 5.91 Å². The Kier molecular flexibility index (Phi) is 3.57. The summed E-state index contributed by atoms with van der Waals surface area (Å²) in [6, 6.07) is 7.16. The Morgan fingerprint density at radius 3 is 2.64 bits per heavy atom. The average Bonchev–Trinajstić information content (AvgIpc) is 3.29. The van der Waals surface area contributed by atoms with E-state index in [4.69, 9.17) is 9.47 Å². The lowest BCUT2D eigenvalue weighted by atomic mass is 10.1. The smallest absolute Gasteiger partial charge is 0.260 e. The van der Waals surface area contributed by atoms with Gasteiger partial charge in [-0.3, -0.25) is 14.8 Å². The molecule has 0 atom stereocenters. The fraction of sp³-hybridized carbons (Fsp3) is 0.176. The van der Waals surface area contributed by atoms with Crippen molar-refractivity contribution < 1.29 is 14.3 Å². The van der Waals surface area contributed by atoms with Gasteiger partial charge < -0.3 is 9.47 Å². The lowest BCUT2D eigenvalue weighted by Crippen LogP contribution is -2.22. The molecule has 3 aromatic rings. The van der Waals surface area contributed by atoms with Crippen LogP contribution in [0.15, 0.2) is 36.7 Å². The second kappa shape index (κ2) is 5.90. The minimum absolute atomic E-state index is 0.0877. The van der Waals surface area contributed by atoms with Crippen LogP contribution < -0.4 is 14.4 Å². The number of amides is 1. The Bertz CT molecular complexity index is 939. The molecule has 25 heavy (non-hydrogen) atoms. The second-order valence-electron chi connectivity index (χ2n) is 5.45. The molecule has 1 aliphatic heterocycles. The summed E-state index contributed by atoms with van der Waals surface area (Å²) >= 11 is 0. The highest BCUT2D eigenvalue weighted by Gasteiger charge is 2.30. The van der Waals surface area contributed by atoms with E-state index >= 15 is 0 Å². The Hall–Kier alpha value is -3.42. The van der Waals surface area contributed by atoms with Crippen molar-refractivity contribution in [2.24, 2.45) is 0 Å². The van der Waals surface area contributed by atoms with E-state index in [2.05, 4.69) is 20.2 Å². The molecular formula is C17H15N5O3. The van der Waals surface area contributed by atoms with Crippen molar-refractivity contribution in [3.8, 4) is 23.0 Å². The van der Waals surface area contributed by atoms with Crippen molar-refractivity contribution >= 4 is 11.6 Å². The summed E-state index contributed by atoms with van der Waals surface area (Å²) in [6.07, 6.45) is 3.29. The minimum atomic E-state index is -0.0877. The Morgan fingerprint density at radius 1 is 1.08 bits per heavy atom. The quantitative estimate of drug-likeness (QED) is 0.783. The van der Waals surface area contributed by atoms with Crippen LogP contribution in [0.25, 0.3) is 11.3 Å². The summed E-state index contributed by atoms with van der Waals surface area (Å²) in [5.74, 6) is 0.793. The Labute approximate surface area is 143 Å². The highest BCUT2D eigenvalue weighted by Crippen LogP contribution is 2.32. The molecule has 0 aromatic carbocycles. The maximum Gasteiger partial charge on any atom is 0.260 e. The predicted molar refractivity (Wildman–Crippen MR) is 89.7 cm³/mol. The summed E-state index contributed by atoms with van der Waals surface area (Å²) < 4.78 is 10.5. The molecule has 1 amide bonds. The maximum atomic E-state index is 12.5. The van der Waals surface area contributed by atoms with Gasteiger partial charge in [0.2, 0.25) is 11.8 Å². The number of hydrogen-bond donors (Lipinski definition) is 1. The topological polar surface area (TPSA) is 93.2 Å². The van der Waals surface area contributed by atoms with E-state index in [0.29, 0.717) is 40.9 Å². The zero-order valence-electron chi connectivity index (χ0n) is 13.7. The maximum absolute atomic E-state index is 12.5. The fourth-order valence-electron chi connectivity index (χ4n) is 2.82. The second-order valence-corrected chi connectivity index (χ2v) is 5.45. The van der Waals surface area contributed by atoms with Crippen LogP contribution in [0.5, 0.6) is 11.8 Å². The first-order valence-electron chi connectivity index (χ1n) is 7.61. The van der Waals surface area contributed by atoms with Gasteiger partial charge in [0.1, 0.15) is 0 Å². The molecule has 0 spiro atoms. The molecule has 4 rings (SSSR count). The van der Waals surface area contributed by atoms with Crippen LogP contribution in [0, 0.1) is 0 Å². The number of pyridine rings is 2. The van der Waals surface area contributed by atoms with Gasteiger partial charge in [0, 0.05) is 12.3 Å².